The zero-order chi connectivity index (χ0) is 10.8. The van der Waals surface area contributed by atoms with E-state index in [9.17, 15) is 9.90 Å². The predicted molar refractivity (Wildman–Crippen MR) is 55.0 cm³/mol. The van der Waals surface area contributed by atoms with Gasteiger partial charge in [0.25, 0.3) is 5.91 Å². The SMILES string of the molecule is Cc1ncc(CNC(=O)C(C)(C)O)s1. The lowest BCUT2D eigenvalue weighted by molar-refractivity contribution is -0.136. The molecule has 1 aromatic rings. The number of amides is 1. The van der Waals surface area contributed by atoms with E-state index in [2.05, 4.69) is 10.3 Å². The molecule has 0 aliphatic carbocycles. The number of nitrogens with zero attached hydrogens (tertiary/aromatic N) is 1. The highest BCUT2D eigenvalue weighted by molar-refractivity contribution is 7.11. The van der Waals surface area contributed by atoms with Gasteiger partial charge in [-0.1, -0.05) is 0 Å². The molecular formula is C9H14N2O2S. The standard InChI is InChI=1S/C9H14N2O2S/c1-6-10-4-7(14-6)5-11-8(12)9(2,3)13/h4,13H,5H2,1-3H3,(H,11,12). The zero-order valence-electron chi connectivity index (χ0n) is 8.50. The maximum Gasteiger partial charge on any atom is 0.251 e. The Hall–Kier alpha value is -0.940. The third-order valence-corrected chi connectivity index (χ3v) is 2.56. The maximum absolute atomic E-state index is 11.3. The van der Waals surface area contributed by atoms with Crippen LogP contribution in [0.25, 0.3) is 0 Å². The second kappa shape index (κ2) is 4.06. The first kappa shape index (κ1) is 11.1. The van der Waals surface area contributed by atoms with Crippen LogP contribution >= 0.6 is 11.3 Å². The van der Waals surface area contributed by atoms with Gasteiger partial charge in [-0.2, -0.15) is 0 Å². The van der Waals surface area contributed by atoms with E-state index in [1.807, 2.05) is 6.92 Å². The number of aryl methyl sites for hydroxylation is 1. The van der Waals surface area contributed by atoms with Gasteiger partial charge < -0.3 is 10.4 Å². The van der Waals surface area contributed by atoms with E-state index in [1.54, 1.807) is 6.20 Å². The molecule has 0 atom stereocenters. The molecule has 0 aliphatic rings. The molecule has 1 heterocycles. The quantitative estimate of drug-likeness (QED) is 0.783. The number of nitrogens with one attached hydrogen (secondary N) is 1. The van der Waals surface area contributed by atoms with Crippen molar-refractivity contribution in [2.75, 3.05) is 0 Å². The largest absolute Gasteiger partial charge is 0.381 e. The first-order chi connectivity index (χ1) is 6.39. The molecule has 4 nitrogen and oxygen atoms in total. The topological polar surface area (TPSA) is 62.2 Å². The smallest absolute Gasteiger partial charge is 0.251 e. The summed E-state index contributed by atoms with van der Waals surface area (Å²) >= 11 is 1.53. The Bertz CT molecular complexity index is 328. The van der Waals surface area contributed by atoms with Crippen LogP contribution in [0, 0.1) is 6.92 Å². The van der Waals surface area contributed by atoms with Crippen LogP contribution in [-0.2, 0) is 11.3 Å². The van der Waals surface area contributed by atoms with E-state index in [0.29, 0.717) is 6.54 Å². The highest BCUT2D eigenvalue weighted by Crippen LogP contribution is 2.11. The molecule has 0 saturated heterocycles. The number of thiazole rings is 1. The molecule has 1 aromatic heterocycles. The van der Waals surface area contributed by atoms with Gasteiger partial charge >= 0.3 is 0 Å². The molecule has 0 fully saturated rings. The normalized spacial score (nSPS) is 11.4. The van der Waals surface area contributed by atoms with Crippen molar-refractivity contribution < 1.29 is 9.90 Å². The number of carbonyl (C=O) groups excluding carboxylic acids is 1. The van der Waals surface area contributed by atoms with Crippen molar-refractivity contribution in [3.63, 3.8) is 0 Å². The van der Waals surface area contributed by atoms with Crippen LogP contribution in [0.5, 0.6) is 0 Å². The summed E-state index contributed by atoms with van der Waals surface area (Å²) in [7, 11) is 0. The van der Waals surface area contributed by atoms with Crippen LogP contribution in [0.15, 0.2) is 6.20 Å². The lowest BCUT2D eigenvalue weighted by Gasteiger charge is -2.15. The van der Waals surface area contributed by atoms with Crippen molar-refractivity contribution >= 4 is 17.2 Å². The summed E-state index contributed by atoms with van der Waals surface area (Å²) in [5.41, 5.74) is -1.32. The molecule has 0 aliphatic heterocycles. The number of carbonyl (C=O) groups is 1. The molecule has 78 valence electrons. The van der Waals surface area contributed by atoms with Crippen LogP contribution in [0.2, 0.25) is 0 Å². The lowest BCUT2D eigenvalue weighted by atomic mass is 10.1. The van der Waals surface area contributed by atoms with Crippen LogP contribution < -0.4 is 5.32 Å². The molecule has 14 heavy (non-hydrogen) atoms. The van der Waals surface area contributed by atoms with Gasteiger partial charge in [0.1, 0.15) is 5.60 Å². The molecule has 2 N–H and O–H groups in total. The second-order valence-corrected chi connectivity index (χ2v) is 4.91. The maximum atomic E-state index is 11.3. The minimum atomic E-state index is -1.32. The Kier molecular flexibility index (Phi) is 3.23. The van der Waals surface area contributed by atoms with E-state index in [1.165, 1.54) is 25.2 Å². The molecule has 0 bridgehead atoms. The van der Waals surface area contributed by atoms with Crippen LogP contribution in [0.4, 0.5) is 0 Å². The molecule has 0 unspecified atom stereocenters. The zero-order valence-corrected chi connectivity index (χ0v) is 9.31. The summed E-state index contributed by atoms with van der Waals surface area (Å²) in [4.78, 5) is 16.3. The Morgan fingerprint density at radius 2 is 2.36 bits per heavy atom. The summed E-state index contributed by atoms with van der Waals surface area (Å²) in [6.07, 6.45) is 1.73. The number of hydrogen-bond donors (Lipinski definition) is 2. The van der Waals surface area contributed by atoms with Crippen molar-refractivity contribution in [2.24, 2.45) is 0 Å². The Morgan fingerprint density at radius 1 is 1.71 bits per heavy atom. The lowest BCUT2D eigenvalue weighted by Crippen LogP contribution is -2.41. The van der Waals surface area contributed by atoms with Gasteiger partial charge in [-0.3, -0.25) is 4.79 Å². The fraction of sp³-hybridized carbons (Fsp3) is 0.556. The summed E-state index contributed by atoms with van der Waals surface area (Å²) in [6, 6.07) is 0. The Morgan fingerprint density at radius 3 is 2.79 bits per heavy atom. The molecule has 0 radical (unpaired) electrons. The highest BCUT2D eigenvalue weighted by atomic mass is 32.1. The second-order valence-electron chi connectivity index (χ2n) is 3.59. The third kappa shape index (κ3) is 3.08. The van der Waals surface area contributed by atoms with E-state index in [-0.39, 0.29) is 5.91 Å². The number of rotatable bonds is 3. The van der Waals surface area contributed by atoms with Gasteiger partial charge in [-0.05, 0) is 20.8 Å². The van der Waals surface area contributed by atoms with Gasteiger partial charge in [0.15, 0.2) is 0 Å². The van der Waals surface area contributed by atoms with Gasteiger partial charge in [-0.15, -0.1) is 11.3 Å². The van der Waals surface area contributed by atoms with E-state index in [4.69, 9.17) is 0 Å². The van der Waals surface area contributed by atoms with Crippen molar-refractivity contribution in [1.29, 1.82) is 0 Å². The summed E-state index contributed by atoms with van der Waals surface area (Å²) in [6.45, 7) is 5.25. The van der Waals surface area contributed by atoms with E-state index < -0.39 is 5.60 Å². The molecule has 0 spiro atoms. The minimum absolute atomic E-state index is 0.372. The van der Waals surface area contributed by atoms with Crippen molar-refractivity contribution in [2.45, 2.75) is 32.9 Å². The molecule has 5 heteroatoms. The average Bonchev–Trinajstić information content (AvgIpc) is 2.45. The Balaban J connectivity index is 2.46. The minimum Gasteiger partial charge on any atom is -0.381 e. The number of aliphatic hydroxyl groups is 1. The van der Waals surface area contributed by atoms with Gasteiger partial charge in [0.2, 0.25) is 0 Å². The van der Waals surface area contributed by atoms with Crippen molar-refractivity contribution in [3.05, 3.63) is 16.1 Å². The summed E-state index contributed by atoms with van der Waals surface area (Å²) in [5, 5.41) is 12.9. The number of hydrogen-bond acceptors (Lipinski definition) is 4. The van der Waals surface area contributed by atoms with Crippen LogP contribution in [0.1, 0.15) is 23.7 Å². The van der Waals surface area contributed by atoms with Crippen molar-refractivity contribution in [1.82, 2.24) is 10.3 Å². The summed E-state index contributed by atoms with van der Waals surface area (Å²) < 4.78 is 0. The van der Waals surface area contributed by atoms with E-state index in [0.717, 1.165) is 9.88 Å². The summed E-state index contributed by atoms with van der Waals surface area (Å²) in [5.74, 6) is -0.372. The van der Waals surface area contributed by atoms with Gasteiger partial charge in [-0.25, -0.2) is 4.98 Å². The fourth-order valence-electron chi connectivity index (χ4n) is 0.871. The first-order valence-electron chi connectivity index (χ1n) is 4.31. The monoisotopic (exact) mass is 214 g/mol. The first-order valence-corrected chi connectivity index (χ1v) is 5.13. The Labute approximate surface area is 87.0 Å². The number of aromatic nitrogens is 1. The fourth-order valence-corrected chi connectivity index (χ4v) is 1.61. The van der Waals surface area contributed by atoms with E-state index >= 15 is 0 Å². The molecule has 1 rings (SSSR count). The van der Waals surface area contributed by atoms with Gasteiger partial charge in [0, 0.05) is 11.1 Å². The van der Waals surface area contributed by atoms with Crippen LogP contribution in [-0.4, -0.2) is 21.6 Å². The van der Waals surface area contributed by atoms with Gasteiger partial charge in [0.05, 0.1) is 11.6 Å². The average molecular weight is 214 g/mol. The third-order valence-electron chi connectivity index (χ3n) is 1.65. The molecule has 1 amide bonds. The predicted octanol–water partition coefficient (Wildman–Crippen LogP) is 0.839. The molecule has 0 saturated carbocycles. The highest BCUT2D eigenvalue weighted by Gasteiger charge is 2.23. The molecular weight excluding hydrogens is 200 g/mol. The van der Waals surface area contributed by atoms with Crippen LogP contribution in [0.3, 0.4) is 0 Å². The van der Waals surface area contributed by atoms with Crippen molar-refractivity contribution in [3.8, 4) is 0 Å². The molecule has 0 aromatic carbocycles.